The Morgan fingerprint density at radius 2 is 1.57 bits per heavy atom. The number of amides is 2. The molecule has 2 saturated heterocycles. The van der Waals surface area contributed by atoms with E-state index in [1.54, 1.807) is 12.1 Å². The molecule has 230 valence electrons. The highest BCUT2D eigenvalue weighted by atomic mass is 19.1. The number of benzene rings is 2. The van der Waals surface area contributed by atoms with E-state index in [-0.39, 0.29) is 29.7 Å². The van der Waals surface area contributed by atoms with Gasteiger partial charge in [-0.2, -0.15) is 0 Å². The predicted molar refractivity (Wildman–Crippen MR) is 170 cm³/mol. The molecule has 0 aromatic heterocycles. The van der Waals surface area contributed by atoms with E-state index < -0.39 is 0 Å². The number of halogens is 1. The molecule has 2 aromatic rings. The second kappa shape index (κ2) is 15.6. The van der Waals surface area contributed by atoms with Crippen LogP contribution in [0, 0.1) is 19.7 Å². The van der Waals surface area contributed by atoms with Crippen molar-refractivity contribution in [2.45, 2.75) is 103 Å². The van der Waals surface area contributed by atoms with Crippen LogP contribution >= 0.6 is 0 Å². The molecule has 2 fully saturated rings. The third kappa shape index (κ3) is 8.41. The van der Waals surface area contributed by atoms with E-state index >= 15 is 0 Å². The van der Waals surface area contributed by atoms with Crippen molar-refractivity contribution in [3.8, 4) is 0 Å². The van der Waals surface area contributed by atoms with Gasteiger partial charge in [0, 0.05) is 17.8 Å². The van der Waals surface area contributed by atoms with Crippen molar-refractivity contribution in [2.24, 2.45) is 0 Å². The number of likely N-dealkylation sites (tertiary alicyclic amines) is 2. The van der Waals surface area contributed by atoms with E-state index in [2.05, 4.69) is 48.4 Å². The molecular weight excluding hydrogens is 527 g/mol. The van der Waals surface area contributed by atoms with Crippen LogP contribution in [0.4, 0.5) is 15.8 Å². The Kier molecular flexibility index (Phi) is 12.0. The maximum absolute atomic E-state index is 13.8. The van der Waals surface area contributed by atoms with Gasteiger partial charge in [0.25, 0.3) is 5.91 Å². The van der Waals surface area contributed by atoms with Crippen LogP contribution in [0.2, 0.25) is 0 Å². The van der Waals surface area contributed by atoms with Crippen LogP contribution in [0.1, 0.15) is 88.7 Å². The molecule has 0 radical (unpaired) electrons. The lowest BCUT2D eigenvalue weighted by Crippen LogP contribution is -2.63. The summed E-state index contributed by atoms with van der Waals surface area (Å²) in [5.74, 6) is -0.105. The first-order valence-corrected chi connectivity index (χ1v) is 16.4. The van der Waals surface area contributed by atoms with Crippen LogP contribution in [0.3, 0.4) is 0 Å². The second-order valence-electron chi connectivity index (χ2n) is 12.6. The van der Waals surface area contributed by atoms with Crippen LogP contribution in [0.15, 0.2) is 42.5 Å². The van der Waals surface area contributed by atoms with E-state index in [4.69, 9.17) is 0 Å². The number of quaternary nitrogens is 1. The fourth-order valence-corrected chi connectivity index (χ4v) is 7.14. The molecule has 3 unspecified atom stereocenters. The molecule has 0 aliphatic carbocycles. The number of nitrogens with one attached hydrogen (secondary N) is 2. The first-order valence-electron chi connectivity index (χ1n) is 16.4. The van der Waals surface area contributed by atoms with Gasteiger partial charge in [-0.05, 0) is 114 Å². The minimum atomic E-state index is -0.302. The number of unbranched alkanes of at least 4 members (excludes halogenated alkanes) is 3. The Labute approximate surface area is 252 Å². The first-order chi connectivity index (χ1) is 20.3. The number of carbonyl (C=O) groups is 2. The van der Waals surface area contributed by atoms with Gasteiger partial charge >= 0.3 is 0 Å². The first kappa shape index (κ1) is 32.2. The minimum Gasteiger partial charge on any atom is -0.325 e. The lowest BCUT2D eigenvalue weighted by atomic mass is 9.95. The number of carbonyl (C=O) groups excluding carboxylic acids is 2. The molecule has 2 aliphatic rings. The summed E-state index contributed by atoms with van der Waals surface area (Å²) in [5, 5.41) is 6.33. The minimum absolute atomic E-state index is 0.00550. The average Bonchev–Trinajstić information content (AvgIpc) is 2.99. The van der Waals surface area contributed by atoms with E-state index in [1.165, 1.54) is 18.6 Å². The molecule has 2 aliphatic heterocycles. The summed E-state index contributed by atoms with van der Waals surface area (Å²) in [6, 6.07) is 12.1. The van der Waals surface area contributed by atoms with Gasteiger partial charge in [-0.15, -0.1) is 0 Å². The number of piperidine rings is 2. The molecular formula is C35H52FN4O2+. The highest BCUT2D eigenvalue weighted by molar-refractivity contribution is 5.95. The quantitative estimate of drug-likeness (QED) is 0.195. The summed E-state index contributed by atoms with van der Waals surface area (Å²) in [6.07, 6.45) is 11.8. The number of anilines is 2. The molecule has 0 spiro atoms. The standard InChI is InChI=1S/C35H51FN4O2/c1-4-5-24-40(26-12-8-17-32(40)35(42)38-33-27(2)14-13-15-28(33)3)25-11-6-9-22-39-23-10-7-16-31(39)34(41)37-30-20-18-29(36)19-21-30/h13-15,18-21,31-32H,4-12,16-17,22-26H2,1-3H3,(H-,37,38,41,42)/p+1. The van der Waals surface area contributed by atoms with Crippen molar-refractivity contribution < 1.29 is 18.5 Å². The highest BCUT2D eigenvalue weighted by Crippen LogP contribution is 2.30. The van der Waals surface area contributed by atoms with Gasteiger partial charge in [-0.3, -0.25) is 14.5 Å². The molecule has 2 heterocycles. The Balaban J connectivity index is 1.33. The summed E-state index contributed by atoms with van der Waals surface area (Å²) >= 11 is 0. The van der Waals surface area contributed by atoms with Crippen molar-refractivity contribution >= 4 is 23.2 Å². The number of aryl methyl sites for hydroxylation is 2. The van der Waals surface area contributed by atoms with Crippen molar-refractivity contribution in [3.63, 3.8) is 0 Å². The Hall–Kier alpha value is -2.77. The van der Waals surface area contributed by atoms with Gasteiger partial charge in [0.1, 0.15) is 5.82 Å². The number of hydrogen-bond donors (Lipinski definition) is 2. The molecule has 0 saturated carbocycles. The summed E-state index contributed by atoms with van der Waals surface area (Å²) < 4.78 is 14.2. The molecule has 6 nitrogen and oxygen atoms in total. The molecule has 2 N–H and O–H groups in total. The van der Waals surface area contributed by atoms with Gasteiger partial charge < -0.3 is 15.1 Å². The third-order valence-corrected chi connectivity index (χ3v) is 9.56. The van der Waals surface area contributed by atoms with E-state index in [0.717, 1.165) is 118 Å². The van der Waals surface area contributed by atoms with Gasteiger partial charge in [0.15, 0.2) is 6.04 Å². The molecule has 3 atom stereocenters. The van der Waals surface area contributed by atoms with E-state index in [1.807, 2.05) is 6.07 Å². The third-order valence-electron chi connectivity index (χ3n) is 9.56. The second-order valence-corrected chi connectivity index (χ2v) is 12.6. The largest absolute Gasteiger partial charge is 0.325 e. The molecule has 7 heteroatoms. The zero-order valence-electron chi connectivity index (χ0n) is 26.1. The lowest BCUT2D eigenvalue weighted by molar-refractivity contribution is -0.947. The number of hydrogen-bond acceptors (Lipinski definition) is 3. The SMILES string of the molecule is CCCC[N+]1(CCCCCN2CCCCC2C(=O)Nc2ccc(F)cc2)CCCCC1C(=O)Nc1c(C)cccc1C. The molecule has 42 heavy (non-hydrogen) atoms. The monoisotopic (exact) mass is 579 g/mol. The fraction of sp³-hybridized carbons (Fsp3) is 0.600. The Bertz CT molecular complexity index is 1150. The maximum Gasteiger partial charge on any atom is 0.282 e. The molecule has 2 aromatic carbocycles. The average molecular weight is 580 g/mol. The van der Waals surface area contributed by atoms with Crippen molar-refractivity contribution in [2.75, 3.05) is 43.4 Å². The zero-order valence-corrected chi connectivity index (χ0v) is 26.1. The summed E-state index contributed by atoms with van der Waals surface area (Å²) in [6.45, 7) is 11.4. The van der Waals surface area contributed by atoms with Crippen LogP contribution in [-0.2, 0) is 9.59 Å². The topological polar surface area (TPSA) is 61.4 Å². The van der Waals surface area contributed by atoms with E-state index in [0.29, 0.717) is 5.69 Å². The number of para-hydroxylation sites is 1. The zero-order chi connectivity index (χ0) is 30.0. The number of rotatable bonds is 13. The van der Waals surface area contributed by atoms with Crippen LogP contribution in [0.5, 0.6) is 0 Å². The van der Waals surface area contributed by atoms with Crippen molar-refractivity contribution in [1.29, 1.82) is 0 Å². The van der Waals surface area contributed by atoms with Crippen molar-refractivity contribution in [3.05, 3.63) is 59.4 Å². The van der Waals surface area contributed by atoms with Gasteiger partial charge in [0.05, 0.1) is 25.7 Å². The van der Waals surface area contributed by atoms with E-state index in [9.17, 15) is 14.0 Å². The van der Waals surface area contributed by atoms with Crippen LogP contribution < -0.4 is 10.6 Å². The summed E-state index contributed by atoms with van der Waals surface area (Å²) in [5.41, 5.74) is 3.85. The van der Waals surface area contributed by atoms with Gasteiger partial charge in [0.2, 0.25) is 5.91 Å². The van der Waals surface area contributed by atoms with Gasteiger partial charge in [-0.1, -0.05) is 38.0 Å². The summed E-state index contributed by atoms with van der Waals surface area (Å²) in [4.78, 5) is 29.2. The predicted octanol–water partition coefficient (Wildman–Crippen LogP) is 7.21. The summed E-state index contributed by atoms with van der Waals surface area (Å²) in [7, 11) is 0. The highest BCUT2D eigenvalue weighted by Gasteiger charge is 2.43. The Morgan fingerprint density at radius 1 is 0.857 bits per heavy atom. The Morgan fingerprint density at radius 3 is 2.31 bits per heavy atom. The van der Waals surface area contributed by atoms with Crippen LogP contribution in [0.25, 0.3) is 0 Å². The van der Waals surface area contributed by atoms with Gasteiger partial charge in [-0.25, -0.2) is 4.39 Å². The normalized spacial score (nSPS) is 23.0. The molecule has 2 amide bonds. The molecule has 0 bridgehead atoms. The van der Waals surface area contributed by atoms with Crippen LogP contribution in [-0.4, -0.2) is 66.0 Å². The van der Waals surface area contributed by atoms with Crippen molar-refractivity contribution in [1.82, 2.24) is 4.90 Å². The fourth-order valence-electron chi connectivity index (χ4n) is 7.14. The maximum atomic E-state index is 13.8. The molecule has 4 rings (SSSR count). The number of nitrogens with zero attached hydrogens (tertiary/aromatic N) is 2. The smallest absolute Gasteiger partial charge is 0.282 e. The lowest BCUT2D eigenvalue weighted by Gasteiger charge is -2.47.